The van der Waals surface area contributed by atoms with Gasteiger partial charge in [0.1, 0.15) is 0 Å². The van der Waals surface area contributed by atoms with Crippen molar-refractivity contribution >= 4 is 0 Å². The fourth-order valence-electron chi connectivity index (χ4n) is 12.7. The average Bonchev–Trinajstić information content (AvgIpc) is 3.29. The highest BCUT2D eigenvalue weighted by molar-refractivity contribution is 5.24. The van der Waals surface area contributed by atoms with Crippen LogP contribution in [0, 0.1) is 88.3 Å². The molecule has 14 unspecified atom stereocenters. The normalized spacial score (nSPS) is 74.2. The first-order chi connectivity index (χ1) is 11.6. The molecule has 0 nitrogen and oxygen atoms in total. The number of fused-ring (bicyclic) bond motifs is 23. The zero-order chi connectivity index (χ0) is 15.5. The summed E-state index contributed by atoms with van der Waals surface area (Å²) < 4.78 is 0. The Morgan fingerprint density at radius 2 is 1.08 bits per heavy atom. The lowest BCUT2D eigenvalue weighted by Crippen LogP contribution is -2.48. The lowest BCUT2D eigenvalue weighted by molar-refractivity contribution is -0.0495. The predicted octanol–water partition coefficient (Wildman–Crippen LogP) is 5.48. The highest BCUT2D eigenvalue weighted by Gasteiger charge is 2.76. The first kappa shape index (κ1) is 13.2. The van der Waals surface area contributed by atoms with E-state index < -0.39 is 0 Å². The molecule has 8 rings (SSSR count). The number of rotatable bonds is 0. The summed E-state index contributed by atoms with van der Waals surface area (Å²) >= 11 is 0. The molecule has 0 aromatic carbocycles. The van der Waals surface area contributed by atoms with Gasteiger partial charge in [0.2, 0.25) is 0 Å². The minimum Gasteiger partial charge on any atom is -0.0596 e. The van der Waals surface area contributed by atoms with Gasteiger partial charge in [-0.15, -0.1) is 0 Å². The smallest absolute Gasteiger partial charge is 0.0315 e. The summed E-state index contributed by atoms with van der Waals surface area (Å²) in [7, 11) is 0. The molecule has 8 bridgehead atoms. The van der Waals surface area contributed by atoms with Gasteiger partial charge >= 0.3 is 0 Å². The van der Waals surface area contributed by atoms with Gasteiger partial charge in [0.25, 0.3) is 0 Å². The minimum absolute atomic E-state index is 0.693. The molecule has 8 aliphatic carbocycles. The molecule has 8 saturated carbocycles. The van der Waals surface area contributed by atoms with E-state index in [1.807, 2.05) is 0 Å². The molecular formula is C24H34. The van der Waals surface area contributed by atoms with Gasteiger partial charge in [0.15, 0.2) is 0 Å². The molecule has 0 N–H and O–H groups in total. The third-order valence-corrected chi connectivity index (χ3v) is 12.3. The minimum atomic E-state index is 0.693. The van der Waals surface area contributed by atoms with Crippen molar-refractivity contribution < 1.29 is 0 Å². The SMILES string of the molecule is CC1(C)CC2CC1C1C3CC(C21)C1C2CC(C4C5CCC(C5)C24)C31. The summed E-state index contributed by atoms with van der Waals surface area (Å²) in [5.41, 5.74) is 0.693. The summed E-state index contributed by atoms with van der Waals surface area (Å²) in [4.78, 5) is 0. The van der Waals surface area contributed by atoms with E-state index in [4.69, 9.17) is 0 Å². The van der Waals surface area contributed by atoms with Crippen LogP contribution in [0.3, 0.4) is 0 Å². The largest absolute Gasteiger partial charge is 0.0596 e. The van der Waals surface area contributed by atoms with E-state index in [0.29, 0.717) is 5.41 Å². The Morgan fingerprint density at radius 3 is 1.71 bits per heavy atom. The molecule has 8 fully saturated rings. The number of hydrogen-bond donors (Lipinski definition) is 0. The highest BCUT2D eigenvalue weighted by Crippen LogP contribution is 2.82. The maximum absolute atomic E-state index is 2.63. The summed E-state index contributed by atoms with van der Waals surface area (Å²) in [6, 6.07) is 0. The quantitative estimate of drug-likeness (QED) is 0.518. The van der Waals surface area contributed by atoms with Crippen LogP contribution in [-0.4, -0.2) is 0 Å². The van der Waals surface area contributed by atoms with Crippen LogP contribution in [0.15, 0.2) is 0 Å². The molecule has 0 spiro atoms. The van der Waals surface area contributed by atoms with E-state index in [2.05, 4.69) is 13.8 Å². The van der Waals surface area contributed by atoms with Crippen LogP contribution in [0.1, 0.15) is 58.8 Å². The monoisotopic (exact) mass is 322 g/mol. The lowest BCUT2D eigenvalue weighted by Gasteiger charge is -2.52. The van der Waals surface area contributed by atoms with Crippen molar-refractivity contribution in [2.75, 3.05) is 0 Å². The molecule has 0 aromatic heterocycles. The van der Waals surface area contributed by atoms with Crippen molar-refractivity contribution in [2.45, 2.75) is 58.8 Å². The van der Waals surface area contributed by atoms with Crippen molar-refractivity contribution in [1.82, 2.24) is 0 Å². The Balaban J connectivity index is 1.22. The van der Waals surface area contributed by atoms with Crippen molar-refractivity contribution in [3.8, 4) is 0 Å². The molecule has 14 atom stereocenters. The Kier molecular flexibility index (Phi) is 2.03. The molecular weight excluding hydrogens is 288 g/mol. The standard InChI is InChI=1S/C24H34/c1-24(2)9-12-6-17(24)23-16-8-15(20(12)23)21-13-7-14(22(16)21)19-11-4-3-10(5-11)18(13)19/h10-23H,3-9H2,1-2H3. The summed E-state index contributed by atoms with van der Waals surface area (Å²) in [6.45, 7) is 5.26. The highest BCUT2D eigenvalue weighted by atomic mass is 14.8. The van der Waals surface area contributed by atoms with Crippen LogP contribution >= 0.6 is 0 Å². The van der Waals surface area contributed by atoms with Crippen LogP contribution in [0.5, 0.6) is 0 Å². The second kappa shape index (κ2) is 3.68. The van der Waals surface area contributed by atoms with Gasteiger partial charge in [0.05, 0.1) is 0 Å². The zero-order valence-electron chi connectivity index (χ0n) is 15.5. The van der Waals surface area contributed by atoms with Crippen LogP contribution in [0.4, 0.5) is 0 Å². The van der Waals surface area contributed by atoms with Crippen molar-refractivity contribution in [1.29, 1.82) is 0 Å². The Labute approximate surface area is 147 Å². The van der Waals surface area contributed by atoms with E-state index in [1.54, 1.807) is 44.9 Å². The molecule has 8 aliphatic rings. The lowest BCUT2D eigenvalue weighted by atomic mass is 9.52. The van der Waals surface area contributed by atoms with Crippen molar-refractivity contribution in [3.63, 3.8) is 0 Å². The van der Waals surface area contributed by atoms with E-state index in [0.717, 1.165) is 11.8 Å². The third kappa shape index (κ3) is 1.15. The van der Waals surface area contributed by atoms with Gasteiger partial charge in [-0.05, 0) is 133 Å². The van der Waals surface area contributed by atoms with Gasteiger partial charge in [-0.3, -0.25) is 0 Å². The fraction of sp³-hybridized carbons (Fsp3) is 1.00. The zero-order valence-corrected chi connectivity index (χ0v) is 15.5. The first-order valence-electron chi connectivity index (χ1n) is 11.6. The van der Waals surface area contributed by atoms with Crippen LogP contribution in [0.25, 0.3) is 0 Å². The Hall–Kier alpha value is 0. The van der Waals surface area contributed by atoms with Gasteiger partial charge in [0, 0.05) is 0 Å². The van der Waals surface area contributed by atoms with Crippen molar-refractivity contribution in [2.24, 2.45) is 88.3 Å². The van der Waals surface area contributed by atoms with Gasteiger partial charge in [-0.2, -0.15) is 0 Å². The first-order valence-corrected chi connectivity index (χ1v) is 11.6. The van der Waals surface area contributed by atoms with Gasteiger partial charge in [-0.1, -0.05) is 13.8 Å². The maximum atomic E-state index is 2.63. The average molecular weight is 323 g/mol. The van der Waals surface area contributed by atoms with E-state index in [1.165, 1.54) is 71.0 Å². The van der Waals surface area contributed by atoms with Crippen LogP contribution < -0.4 is 0 Å². The summed E-state index contributed by atoms with van der Waals surface area (Å²) in [6.07, 6.45) is 11.6. The molecule has 0 heteroatoms. The van der Waals surface area contributed by atoms with Gasteiger partial charge < -0.3 is 0 Å². The fourth-order valence-corrected chi connectivity index (χ4v) is 12.7. The Morgan fingerprint density at radius 1 is 0.542 bits per heavy atom. The van der Waals surface area contributed by atoms with Crippen molar-refractivity contribution in [3.05, 3.63) is 0 Å². The second-order valence-corrected chi connectivity index (χ2v) is 12.7. The van der Waals surface area contributed by atoms with Crippen LogP contribution in [0.2, 0.25) is 0 Å². The molecule has 0 radical (unpaired) electrons. The Bertz CT molecular complexity index is 632. The maximum Gasteiger partial charge on any atom is -0.0315 e. The predicted molar refractivity (Wildman–Crippen MR) is 95.0 cm³/mol. The molecule has 0 amide bonds. The van der Waals surface area contributed by atoms with Crippen LogP contribution in [-0.2, 0) is 0 Å². The van der Waals surface area contributed by atoms with E-state index >= 15 is 0 Å². The topological polar surface area (TPSA) is 0 Å². The number of hydrogen-bond acceptors (Lipinski definition) is 0. The third-order valence-electron chi connectivity index (χ3n) is 12.3. The van der Waals surface area contributed by atoms with Gasteiger partial charge in [-0.25, -0.2) is 0 Å². The molecule has 130 valence electrons. The van der Waals surface area contributed by atoms with E-state index in [9.17, 15) is 0 Å². The molecule has 0 aliphatic heterocycles. The second-order valence-electron chi connectivity index (χ2n) is 12.7. The molecule has 0 aromatic rings. The molecule has 24 heavy (non-hydrogen) atoms. The molecule has 0 saturated heterocycles. The summed E-state index contributed by atoms with van der Waals surface area (Å²) in [5, 5.41) is 0. The van der Waals surface area contributed by atoms with E-state index in [-0.39, 0.29) is 0 Å². The molecule has 0 heterocycles. The summed E-state index contributed by atoms with van der Waals surface area (Å²) in [5.74, 6) is 16.9.